The van der Waals surface area contributed by atoms with Gasteiger partial charge in [-0.1, -0.05) is 12.1 Å². The number of H-pyrrole nitrogens is 1. The monoisotopic (exact) mass is 283 g/mol. The highest BCUT2D eigenvalue weighted by Crippen LogP contribution is 2.20. The van der Waals surface area contributed by atoms with Crippen molar-refractivity contribution < 1.29 is 9.90 Å². The van der Waals surface area contributed by atoms with E-state index in [1.165, 1.54) is 6.33 Å². The van der Waals surface area contributed by atoms with Crippen molar-refractivity contribution in [1.29, 1.82) is 0 Å². The molecule has 106 valence electrons. The fourth-order valence-corrected chi connectivity index (χ4v) is 2.14. The molecule has 2 aromatic heterocycles. The van der Waals surface area contributed by atoms with Crippen LogP contribution in [0.2, 0.25) is 0 Å². The number of carbonyl (C=O) groups is 1. The lowest BCUT2D eigenvalue weighted by atomic mass is 10.1. The minimum atomic E-state index is -0.926. The Kier molecular flexibility index (Phi) is 3.23. The van der Waals surface area contributed by atoms with Crippen LogP contribution >= 0.6 is 0 Å². The van der Waals surface area contributed by atoms with Crippen LogP contribution in [0, 0.1) is 0 Å². The molecule has 0 aliphatic carbocycles. The van der Waals surface area contributed by atoms with Gasteiger partial charge >= 0.3 is 5.97 Å². The van der Waals surface area contributed by atoms with Crippen LogP contribution in [0.5, 0.6) is 0 Å². The minimum Gasteiger partial charge on any atom is -0.478 e. The second-order valence-corrected chi connectivity index (χ2v) is 4.66. The van der Waals surface area contributed by atoms with E-state index in [4.69, 9.17) is 5.11 Å². The number of nitrogens with one attached hydrogen (secondary N) is 1. The Morgan fingerprint density at radius 1 is 1.24 bits per heavy atom. The second-order valence-electron chi connectivity index (χ2n) is 4.66. The molecule has 0 saturated heterocycles. The third kappa shape index (κ3) is 2.53. The fraction of sp³-hybridized carbons (Fsp3) is 0.143. The number of aromatic nitrogens is 4. The standard InChI is InChI=1S/C14H13N5O2/c1-19(6-9-2-4-10(5-3-9)14(20)21)13-11-12(16-7-15-11)17-8-18-13/h2-5,7-8H,6H2,1H3,(H,20,21)(H,15,16,17,18). The first kappa shape index (κ1) is 13.0. The van der Waals surface area contributed by atoms with Crippen molar-refractivity contribution in [3.63, 3.8) is 0 Å². The van der Waals surface area contributed by atoms with Crippen molar-refractivity contribution in [3.8, 4) is 0 Å². The molecule has 0 spiro atoms. The first-order chi connectivity index (χ1) is 10.1. The molecule has 2 N–H and O–H groups in total. The Bertz CT molecular complexity index is 781. The van der Waals surface area contributed by atoms with Crippen LogP contribution in [-0.2, 0) is 6.54 Å². The molecule has 0 unspecified atom stereocenters. The molecule has 3 rings (SSSR count). The third-order valence-corrected chi connectivity index (χ3v) is 3.19. The topological polar surface area (TPSA) is 95.0 Å². The Hall–Kier alpha value is -2.96. The van der Waals surface area contributed by atoms with E-state index in [0.29, 0.717) is 12.2 Å². The summed E-state index contributed by atoms with van der Waals surface area (Å²) in [5.74, 6) is -0.176. The fourth-order valence-electron chi connectivity index (χ4n) is 2.14. The highest BCUT2D eigenvalue weighted by molar-refractivity contribution is 5.87. The number of imidazole rings is 1. The van der Waals surface area contributed by atoms with Gasteiger partial charge in [0.05, 0.1) is 11.9 Å². The predicted molar refractivity (Wildman–Crippen MR) is 77.2 cm³/mol. The second kappa shape index (κ2) is 5.20. The van der Waals surface area contributed by atoms with Crippen molar-refractivity contribution in [3.05, 3.63) is 48.0 Å². The number of hydrogen-bond acceptors (Lipinski definition) is 5. The average Bonchev–Trinajstić information content (AvgIpc) is 2.96. The van der Waals surface area contributed by atoms with Gasteiger partial charge in [-0.25, -0.2) is 19.7 Å². The maximum absolute atomic E-state index is 10.8. The number of aromatic carboxylic acids is 1. The normalized spacial score (nSPS) is 10.7. The molecule has 0 atom stereocenters. The lowest BCUT2D eigenvalue weighted by Crippen LogP contribution is -2.18. The van der Waals surface area contributed by atoms with E-state index in [9.17, 15) is 4.79 Å². The van der Waals surface area contributed by atoms with Crippen LogP contribution in [0.15, 0.2) is 36.9 Å². The summed E-state index contributed by atoms with van der Waals surface area (Å²) in [7, 11) is 1.91. The summed E-state index contributed by atoms with van der Waals surface area (Å²) in [5.41, 5.74) is 2.67. The van der Waals surface area contributed by atoms with Gasteiger partial charge in [0.25, 0.3) is 0 Å². The van der Waals surface area contributed by atoms with Crippen LogP contribution in [-0.4, -0.2) is 38.1 Å². The van der Waals surface area contributed by atoms with Gasteiger partial charge in [-0.2, -0.15) is 0 Å². The van der Waals surface area contributed by atoms with Crippen molar-refractivity contribution >= 4 is 23.0 Å². The van der Waals surface area contributed by atoms with Crippen molar-refractivity contribution in [1.82, 2.24) is 19.9 Å². The molecule has 7 nitrogen and oxygen atoms in total. The van der Waals surface area contributed by atoms with Gasteiger partial charge in [-0.05, 0) is 17.7 Å². The molecule has 0 aliphatic heterocycles. The summed E-state index contributed by atoms with van der Waals surface area (Å²) in [6, 6.07) is 6.78. The van der Waals surface area contributed by atoms with E-state index >= 15 is 0 Å². The maximum atomic E-state index is 10.8. The molecule has 0 amide bonds. The van der Waals surface area contributed by atoms with E-state index in [0.717, 1.165) is 16.9 Å². The molecular weight excluding hydrogens is 270 g/mol. The van der Waals surface area contributed by atoms with E-state index in [1.807, 2.05) is 11.9 Å². The highest BCUT2D eigenvalue weighted by Gasteiger charge is 2.11. The number of rotatable bonds is 4. The van der Waals surface area contributed by atoms with E-state index in [1.54, 1.807) is 30.6 Å². The summed E-state index contributed by atoms with van der Waals surface area (Å²) in [4.78, 5) is 28.3. The van der Waals surface area contributed by atoms with E-state index in [-0.39, 0.29) is 5.56 Å². The van der Waals surface area contributed by atoms with E-state index < -0.39 is 5.97 Å². The summed E-state index contributed by atoms with van der Waals surface area (Å²) in [5, 5.41) is 8.89. The Morgan fingerprint density at radius 2 is 2.00 bits per heavy atom. The molecule has 1 aromatic carbocycles. The molecule has 0 bridgehead atoms. The number of benzene rings is 1. The number of hydrogen-bond donors (Lipinski definition) is 2. The van der Waals surface area contributed by atoms with Crippen LogP contribution < -0.4 is 4.90 Å². The lowest BCUT2D eigenvalue weighted by molar-refractivity contribution is 0.0697. The van der Waals surface area contributed by atoms with Gasteiger partial charge in [-0.3, -0.25) is 0 Å². The Labute approximate surface area is 120 Å². The minimum absolute atomic E-state index is 0.277. The molecule has 0 radical (unpaired) electrons. The number of aromatic amines is 1. The quantitative estimate of drug-likeness (QED) is 0.756. The van der Waals surface area contributed by atoms with Crippen molar-refractivity contribution in [2.45, 2.75) is 6.54 Å². The lowest BCUT2D eigenvalue weighted by Gasteiger charge is -2.18. The van der Waals surface area contributed by atoms with Crippen LogP contribution in [0.3, 0.4) is 0 Å². The van der Waals surface area contributed by atoms with Gasteiger partial charge in [0.1, 0.15) is 11.8 Å². The SMILES string of the molecule is CN(Cc1ccc(C(=O)O)cc1)c1ncnc2nc[nH]c12. The molecule has 3 aromatic rings. The number of anilines is 1. The zero-order valence-electron chi connectivity index (χ0n) is 11.3. The zero-order valence-corrected chi connectivity index (χ0v) is 11.3. The Morgan fingerprint density at radius 3 is 2.71 bits per heavy atom. The van der Waals surface area contributed by atoms with Gasteiger partial charge < -0.3 is 15.0 Å². The third-order valence-electron chi connectivity index (χ3n) is 3.19. The predicted octanol–water partition coefficient (Wildman–Crippen LogP) is 1.69. The van der Waals surface area contributed by atoms with Crippen LogP contribution in [0.1, 0.15) is 15.9 Å². The van der Waals surface area contributed by atoms with E-state index in [2.05, 4.69) is 19.9 Å². The molecule has 0 fully saturated rings. The summed E-state index contributed by atoms with van der Waals surface area (Å²) in [6.45, 7) is 0.602. The van der Waals surface area contributed by atoms with Gasteiger partial charge in [0.2, 0.25) is 0 Å². The van der Waals surface area contributed by atoms with Crippen molar-refractivity contribution in [2.24, 2.45) is 0 Å². The van der Waals surface area contributed by atoms with Crippen LogP contribution in [0.25, 0.3) is 11.2 Å². The van der Waals surface area contributed by atoms with Crippen LogP contribution in [0.4, 0.5) is 5.82 Å². The molecule has 0 aliphatic rings. The largest absolute Gasteiger partial charge is 0.478 e. The average molecular weight is 283 g/mol. The number of nitrogens with zero attached hydrogens (tertiary/aromatic N) is 4. The smallest absolute Gasteiger partial charge is 0.335 e. The first-order valence-corrected chi connectivity index (χ1v) is 6.32. The Balaban J connectivity index is 1.84. The van der Waals surface area contributed by atoms with Gasteiger partial charge in [-0.15, -0.1) is 0 Å². The number of carboxylic acid groups (broad SMARTS) is 1. The van der Waals surface area contributed by atoms with Gasteiger partial charge in [0.15, 0.2) is 11.5 Å². The summed E-state index contributed by atoms with van der Waals surface area (Å²) < 4.78 is 0. The van der Waals surface area contributed by atoms with Gasteiger partial charge in [0, 0.05) is 13.6 Å². The molecule has 7 heteroatoms. The molecular formula is C14H13N5O2. The van der Waals surface area contributed by atoms with Crippen molar-refractivity contribution in [2.75, 3.05) is 11.9 Å². The molecule has 21 heavy (non-hydrogen) atoms. The summed E-state index contributed by atoms with van der Waals surface area (Å²) >= 11 is 0. The zero-order chi connectivity index (χ0) is 14.8. The first-order valence-electron chi connectivity index (χ1n) is 6.32. The molecule has 0 saturated carbocycles. The number of carboxylic acids is 1. The highest BCUT2D eigenvalue weighted by atomic mass is 16.4. The molecule has 2 heterocycles. The maximum Gasteiger partial charge on any atom is 0.335 e. The number of fused-ring (bicyclic) bond motifs is 1. The summed E-state index contributed by atoms with van der Waals surface area (Å²) in [6.07, 6.45) is 3.06.